The van der Waals surface area contributed by atoms with E-state index < -0.39 is 32.8 Å². The van der Waals surface area contributed by atoms with Gasteiger partial charge in [-0.05, 0) is 72.1 Å². The molecule has 9 heteroatoms. The summed E-state index contributed by atoms with van der Waals surface area (Å²) in [5, 5.41) is 0. The topological polar surface area (TPSA) is 54.0 Å². The molecule has 0 aromatic heterocycles. The highest BCUT2D eigenvalue weighted by atomic mass is 31.2. The first-order chi connectivity index (χ1) is 12.7. The molecule has 0 unspecified atom stereocenters. The van der Waals surface area contributed by atoms with Crippen molar-refractivity contribution in [3.05, 3.63) is 0 Å². The van der Waals surface area contributed by atoms with Crippen LogP contribution in [0.3, 0.4) is 0 Å². The summed E-state index contributed by atoms with van der Waals surface area (Å²) >= 11 is 0. The molecule has 0 saturated heterocycles. The van der Waals surface area contributed by atoms with Crippen molar-refractivity contribution in [3.8, 4) is 0 Å². The maximum atomic E-state index is 12.4. The van der Waals surface area contributed by atoms with Gasteiger partial charge in [0, 0.05) is 0 Å². The molecule has 0 rings (SSSR count). The van der Waals surface area contributed by atoms with Crippen LogP contribution < -0.4 is 0 Å². The van der Waals surface area contributed by atoms with Gasteiger partial charge < -0.3 is 17.3 Å². The van der Waals surface area contributed by atoms with Crippen molar-refractivity contribution in [2.24, 2.45) is 0 Å². The van der Waals surface area contributed by atoms with Crippen LogP contribution in [0.15, 0.2) is 0 Å². The van der Waals surface area contributed by atoms with E-state index in [-0.39, 0.29) is 0 Å². The Morgan fingerprint density at radius 1 is 0.679 bits per heavy atom. The van der Waals surface area contributed by atoms with Crippen LogP contribution in [-0.4, -0.2) is 44.6 Å². The van der Waals surface area contributed by atoms with Gasteiger partial charge in [-0.25, -0.2) is 0 Å². The van der Waals surface area contributed by atoms with Gasteiger partial charge in [-0.3, -0.25) is 4.57 Å². The van der Waals surface area contributed by atoms with Crippen LogP contribution >= 0.6 is 7.60 Å². The Hall–Kier alpha value is 0.721. The van der Waals surface area contributed by atoms with E-state index in [1.165, 1.54) is 31.7 Å². The van der Waals surface area contributed by atoms with Crippen LogP contribution in [0.25, 0.3) is 0 Å². The molecule has 0 bridgehead atoms. The van der Waals surface area contributed by atoms with Crippen LogP contribution in [0.4, 0.5) is 0 Å². The van der Waals surface area contributed by atoms with Gasteiger partial charge in [-0.2, -0.15) is 0 Å². The molecule has 0 spiro atoms. The van der Waals surface area contributed by atoms with Gasteiger partial charge in [0.2, 0.25) is 0 Å². The van der Waals surface area contributed by atoms with Gasteiger partial charge in [0.1, 0.15) is 0 Å². The summed E-state index contributed by atoms with van der Waals surface area (Å²) in [6.07, 6.45) is 7.42. The maximum Gasteiger partial charge on any atom is 0.330 e. The van der Waals surface area contributed by atoms with E-state index in [2.05, 4.69) is 45.8 Å². The highest BCUT2D eigenvalue weighted by Gasteiger charge is 2.37. The summed E-state index contributed by atoms with van der Waals surface area (Å²) in [5.41, 5.74) is 0. The highest BCUT2D eigenvalue weighted by molar-refractivity contribution is 7.53. The second-order valence-electron chi connectivity index (χ2n) is 9.52. The second-order valence-corrected chi connectivity index (χ2v) is 24.4. The van der Waals surface area contributed by atoms with Gasteiger partial charge in [-0.1, -0.05) is 32.1 Å². The zero-order valence-electron chi connectivity index (χ0n) is 20.1. The monoisotopic (exact) mass is 470 g/mol. The standard InChI is InChI=1S/C19H47O5PSi3/c1-10-21-25(20,22-11-2)18-16-14-12-13-15-17-19-27(6,7)24-28(8,9)23-26(3,4)5/h10-19H2,1-9H3. The fourth-order valence-electron chi connectivity index (χ4n) is 3.60. The Balaban J connectivity index is 3.99. The summed E-state index contributed by atoms with van der Waals surface area (Å²) in [5.74, 6) is 0. The number of rotatable bonds is 17. The van der Waals surface area contributed by atoms with Crippen LogP contribution in [0.1, 0.15) is 52.4 Å². The van der Waals surface area contributed by atoms with Gasteiger partial charge >= 0.3 is 16.2 Å². The molecule has 0 aliphatic carbocycles. The molecular formula is C19H47O5PSi3. The van der Waals surface area contributed by atoms with E-state index in [1.54, 1.807) is 0 Å². The molecule has 5 nitrogen and oxygen atoms in total. The lowest BCUT2D eigenvalue weighted by atomic mass is 10.1. The lowest BCUT2D eigenvalue weighted by Gasteiger charge is -2.37. The predicted octanol–water partition coefficient (Wildman–Crippen LogP) is 7.37. The number of unbranched alkanes of at least 4 members (excludes halogenated alkanes) is 5. The molecule has 0 aromatic carbocycles. The Morgan fingerprint density at radius 3 is 1.61 bits per heavy atom. The molecule has 0 aliphatic rings. The zero-order valence-corrected chi connectivity index (χ0v) is 24.0. The highest BCUT2D eigenvalue weighted by Crippen LogP contribution is 2.48. The third-order valence-corrected chi connectivity index (χ3v) is 16.5. The first-order valence-electron chi connectivity index (χ1n) is 11.0. The maximum absolute atomic E-state index is 12.4. The first-order valence-corrected chi connectivity index (χ1v) is 22.1. The van der Waals surface area contributed by atoms with Gasteiger partial charge in [0.05, 0.1) is 19.4 Å². The first kappa shape index (κ1) is 28.7. The minimum absolute atomic E-state index is 0.446. The minimum Gasteiger partial charge on any atom is -0.437 e. The Bertz CT molecular complexity index is 457. The van der Waals surface area contributed by atoms with Crippen molar-refractivity contribution in [2.75, 3.05) is 19.4 Å². The second kappa shape index (κ2) is 13.2. The molecule has 0 N–H and O–H groups in total. The SMILES string of the molecule is CCOP(=O)(CCCCCCCC[Si](C)(C)O[Si](C)(C)O[Si](C)(C)C)OCC. The molecule has 0 saturated carbocycles. The molecule has 0 radical (unpaired) electrons. The normalized spacial score (nSPS) is 13.9. The van der Waals surface area contributed by atoms with Crippen LogP contribution in [0.5, 0.6) is 0 Å². The van der Waals surface area contributed by atoms with Crippen molar-refractivity contribution in [1.29, 1.82) is 0 Å². The van der Waals surface area contributed by atoms with Crippen LogP contribution in [0.2, 0.25) is 51.9 Å². The van der Waals surface area contributed by atoms with Crippen molar-refractivity contribution in [3.63, 3.8) is 0 Å². The molecule has 0 aromatic rings. The summed E-state index contributed by atoms with van der Waals surface area (Å²) in [6.45, 7) is 20.4. The zero-order chi connectivity index (χ0) is 21.9. The summed E-state index contributed by atoms with van der Waals surface area (Å²) in [7, 11) is -8.09. The molecular weight excluding hydrogens is 423 g/mol. The molecule has 0 amide bonds. The van der Waals surface area contributed by atoms with E-state index in [1.807, 2.05) is 13.8 Å². The summed E-state index contributed by atoms with van der Waals surface area (Å²) < 4.78 is 36.0. The van der Waals surface area contributed by atoms with Gasteiger partial charge in [0.25, 0.3) is 0 Å². The lowest BCUT2D eigenvalue weighted by molar-refractivity contribution is 0.219. The largest absolute Gasteiger partial charge is 0.437 e. The quantitative estimate of drug-likeness (QED) is 0.126. The average molecular weight is 471 g/mol. The van der Waals surface area contributed by atoms with Gasteiger partial charge in [0.15, 0.2) is 16.6 Å². The van der Waals surface area contributed by atoms with E-state index in [4.69, 9.17) is 17.3 Å². The Morgan fingerprint density at radius 2 is 1.14 bits per heavy atom. The predicted molar refractivity (Wildman–Crippen MR) is 129 cm³/mol. The Kier molecular flexibility index (Phi) is 13.5. The van der Waals surface area contributed by atoms with Gasteiger partial charge in [-0.15, -0.1) is 0 Å². The molecule has 0 atom stereocenters. The summed E-state index contributed by atoms with van der Waals surface area (Å²) in [4.78, 5) is 0. The van der Waals surface area contributed by atoms with E-state index in [9.17, 15) is 4.57 Å². The molecule has 0 fully saturated rings. The molecule has 28 heavy (non-hydrogen) atoms. The van der Waals surface area contributed by atoms with E-state index >= 15 is 0 Å². The fraction of sp³-hybridized carbons (Fsp3) is 1.00. The smallest absolute Gasteiger partial charge is 0.330 e. The van der Waals surface area contributed by atoms with Crippen molar-refractivity contribution < 1.29 is 21.8 Å². The molecule has 0 aliphatic heterocycles. The van der Waals surface area contributed by atoms with Crippen molar-refractivity contribution in [2.45, 2.75) is 104 Å². The van der Waals surface area contributed by atoms with E-state index in [0.717, 1.165) is 12.8 Å². The third kappa shape index (κ3) is 15.5. The van der Waals surface area contributed by atoms with E-state index in [0.29, 0.717) is 19.4 Å². The average Bonchev–Trinajstić information content (AvgIpc) is 2.46. The third-order valence-electron chi connectivity index (χ3n) is 4.19. The summed E-state index contributed by atoms with van der Waals surface area (Å²) in [6, 6.07) is 1.20. The van der Waals surface area contributed by atoms with Crippen LogP contribution in [-0.2, 0) is 21.8 Å². The van der Waals surface area contributed by atoms with Crippen LogP contribution in [0, 0.1) is 0 Å². The number of hydrogen-bond acceptors (Lipinski definition) is 5. The Labute approximate surface area is 178 Å². The molecule has 0 heterocycles. The lowest BCUT2D eigenvalue weighted by Crippen LogP contribution is -2.51. The van der Waals surface area contributed by atoms with Crippen molar-refractivity contribution >= 4 is 32.8 Å². The van der Waals surface area contributed by atoms with Crippen molar-refractivity contribution in [1.82, 2.24) is 0 Å². The fourth-order valence-corrected chi connectivity index (χ4v) is 18.6. The molecule has 170 valence electrons. The number of hydrogen-bond donors (Lipinski definition) is 0. The minimum atomic E-state index is -2.85.